The van der Waals surface area contributed by atoms with Gasteiger partial charge in [-0.3, -0.25) is 0 Å². The maximum atomic E-state index is 13.1. The summed E-state index contributed by atoms with van der Waals surface area (Å²) in [5, 5.41) is 3.62. The number of carbonyl (C=O) groups excluding carboxylic acids is 1. The summed E-state index contributed by atoms with van der Waals surface area (Å²) < 4.78 is 0. The molecule has 0 aromatic heterocycles. The Kier molecular flexibility index (Phi) is 7.02. The van der Waals surface area contributed by atoms with E-state index in [1.807, 2.05) is 73.6 Å². The molecular formula is C23H23Cl2N3O. The Labute approximate surface area is 181 Å². The lowest BCUT2D eigenvalue weighted by molar-refractivity contribution is 0.206. The SMILES string of the molecule is CN(C)c1ccc(CN(Cc2ccccc2)C(=O)Nc2cccc(Cl)c2Cl)cc1. The van der Waals surface area contributed by atoms with Gasteiger partial charge in [0, 0.05) is 32.9 Å². The van der Waals surface area contributed by atoms with Crippen LogP contribution >= 0.6 is 23.2 Å². The van der Waals surface area contributed by atoms with Crippen LogP contribution in [0.25, 0.3) is 0 Å². The molecule has 1 N–H and O–H groups in total. The predicted octanol–water partition coefficient (Wildman–Crippen LogP) is 6.29. The van der Waals surface area contributed by atoms with E-state index in [1.165, 1.54) is 0 Å². The van der Waals surface area contributed by atoms with Crippen LogP contribution in [0.3, 0.4) is 0 Å². The van der Waals surface area contributed by atoms with Gasteiger partial charge in [-0.15, -0.1) is 0 Å². The van der Waals surface area contributed by atoms with Crippen molar-refractivity contribution in [1.82, 2.24) is 4.90 Å². The zero-order chi connectivity index (χ0) is 20.8. The van der Waals surface area contributed by atoms with E-state index < -0.39 is 0 Å². The molecule has 0 bridgehead atoms. The average molecular weight is 428 g/mol. The number of hydrogen-bond acceptors (Lipinski definition) is 2. The first-order chi connectivity index (χ1) is 13.9. The maximum absolute atomic E-state index is 13.1. The molecule has 3 rings (SSSR count). The molecule has 4 nitrogen and oxygen atoms in total. The van der Waals surface area contributed by atoms with E-state index >= 15 is 0 Å². The van der Waals surface area contributed by atoms with Crippen molar-refractivity contribution in [3.63, 3.8) is 0 Å². The van der Waals surface area contributed by atoms with Gasteiger partial charge in [0.2, 0.25) is 0 Å². The Hall–Kier alpha value is -2.69. The second-order valence-electron chi connectivity index (χ2n) is 6.93. The maximum Gasteiger partial charge on any atom is 0.322 e. The zero-order valence-corrected chi connectivity index (χ0v) is 17.9. The smallest absolute Gasteiger partial charge is 0.322 e. The van der Waals surface area contributed by atoms with Gasteiger partial charge in [0.1, 0.15) is 0 Å². The van der Waals surface area contributed by atoms with Crippen molar-refractivity contribution in [2.45, 2.75) is 13.1 Å². The normalized spacial score (nSPS) is 10.5. The zero-order valence-electron chi connectivity index (χ0n) is 16.4. The highest BCUT2D eigenvalue weighted by Crippen LogP contribution is 2.30. The van der Waals surface area contributed by atoms with Crippen LogP contribution < -0.4 is 10.2 Å². The van der Waals surface area contributed by atoms with Crippen LogP contribution in [0, 0.1) is 0 Å². The number of nitrogens with one attached hydrogen (secondary N) is 1. The van der Waals surface area contributed by atoms with Crippen LogP contribution in [0.1, 0.15) is 11.1 Å². The fourth-order valence-electron chi connectivity index (χ4n) is 2.92. The lowest BCUT2D eigenvalue weighted by Crippen LogP contribution is -2.34. The summed E-state index contributed by atoms with van der Waals surface area (Å²) in [4.78, 5) is 16.9. The molecule has 0 heterocycles. The number of benzene rings is 3. The summed E-state index contributed by atoms with van der Waals surface area (Å²) in [6.07, 6.45) is 0. The van der Waals surface area contributed by atoms with Gasteiger partial charge in [0.05, 0.1) is 15.7 Å². The summed E-state index contributed by atoms with van der Waals surface area (Å²) >= 11 is 12.3. The minimum atomic E-state index is -0.241. The number of hydrogen-bond donors (Lipinski definition) is 1. The van der Waals surface area contributed by atoms with E-state index in [-0.39, 0.29) is 6.03 Å². The molecule has 0 atom stereocenters. The first kappa shape index (κ1) is 21.0. The third-order valence-corrected chi connectivity index (χ3v) is 5.34. The standard InChI is InChI=1S/C23H23Cl2N3O/c1-27(2)19-13-11-18(12-14-19)16-28(15-17-7-4-3-5-8-17)23(29)26-21-10-6-9-20(24)22(21)25/h3-14H,15-16H2,1-2H3,(H,26,29). The molecule has 0 saturated carbocycles. The molecule has 0 spiro atoms. The Morgan fingerprint density at radius 3 is 2.07 bits per heavy atom. The van der Waals surface area contributed by atoms with Gasteiger partial charge in [0.15, 0.2) is 0 Å². The number of amides is 2. The summed E-state index contributed by atoms with van der Waals surface area (Å²) in [5.41, 5.74) is 3.69. The number of nitrogens with zero attached hydrogens (tertiary/aromatic N) is 2. The van der Waals surface area contributed by atoms with Gasteiger partial charge >= 0.3 is 6.03 Å². The van der Waals surface area contributed by atoms with E-state index in [1.54, 1.807) is 23.1 Å². The number of halogens is 2. The van der Waals surface area contributed by atoms with Crippen molar-refractivity contribution < 1.29 is 4.79 Å². The Morgan fingerprint density at radius 2 is 1.45 bits per heavy atom. The molecule has 29 heavy (non-hydrogen) atoms. The van der Waals surface area contributed by atoms with Crippen molar-refractivity contribution in [3.05, 3.63) is 94.0 Å². The van der Waals surface area contributed by atoms with Crippen LogP contribution in [0.15, 0.2) is 72.8 Å². The predicted molar refractivity (Wildman–Crippen MR) is 122 cm³/mol. The summed E-state index contributed by atoms with van der Waals surface area (Å²) in [6, 6.07) is 23.0. The molecule has 0 unspecified atom stereocenters. The van der Waals surface area contributed by atoms with Crippen LogP contribution in [0.5, 0.6) is 0 Å². The van der Waals surface area contributed by atoms with Gasteiger partial charge < -0.3 is 15.1 Å². The van der Waals surface area contributed by atoms with E-state index in [0.717, 1.165) is 16.8 Å². The van der Waals surface area contributed by atoms with Gasteiger partial charge in [-0.05, 0) is 35.4 Å². The summed E-state index contributed by atoms with van der Waals surface area (Å²) in [5.74, 6) is 0. The molecule has 150 valence electrons. The average Bonchev–Trinajstić information content (AvgIpc) is 2.72. The molecule has 3 aromatic carbocycles. The van der Waals surface area contributed by atoms with Crippen molar-refractivity contribution in [2.24, 2.45) is 0 Å². The van der Waals surface area contributed by atoms with Crippen molar-refractivity contribution >= 4 is 40.6 Å². The Balaban J connectivity index is 1.81. The van der Waals surface area contributed by atoms with Gasteiger partial charge in [-0.2, -0.15) is 0 Å². The second kappa shape index (κ2) is 9.68. The number of anilines is 2. The largest absolute Gasteiger partial charge is 0.378 e. The van der Waals surface area contributed by atoms with Gasteiger partial charge in [-0.25, -0.2) is 4.79 Å². The van der Waals surface area contributed by atoms with Crippen molar-refractivity contribution in [2.75, 3.05) is 24.3 Å². The van der Waals surface area contributed by atoms with E-state index in [0.29, 0.717) is 28.8 Å². The van der Waals surface area contributed by atoms with Gasteiger partial charge in [-0.1, -0.05) is 71.7 Å². The second-order valence-corrected chi connectivity index (χ2v) is 7.72. The van der Waals surface area contributed by atoms with Crippen LogP contribution in [-0.2, 0) is 13.1 Å². The fraction of sp³-hybridized carbons (Fsp3) is 0.174. The third kappa shape index (κ3) is 5.66. The Bertz CT molecular complexity index is 960. The monoisotopic (exact) mass is 427 g/mol. The van der Waals surface area contributed by atoms with Gasteiger partial charge in [0.25, 0.3) is 0 Å². The number of carbonyl (C=O) groups is 1. The minimum Gasteiger partial charge on any atom is -0.378 e. The molecular weight excluding hydrogens is 405 g/mol. The van der Waals surface area contributed by atoms with Crippen LogP contribution in [0.4, 0.5) is 16.2 Å². The van der Waals surface area contributed by atoms with E-state index in [4.69, 9.17) is 23.2 Å². The molecule has 2 amide bonds. The fourth-order valence-corrected chi connectivity index (χ4v) is 3.27. The van der Waals surface area contributed by atoms with Crippen molar-refractivity contribution in [3.8, 4) is 0 Å². The van der Waals surface area contributed by atoms with E-state index in [9.17, 15) is 4.79 Å². The lowest BCUT2D eigenvalue weighted by Gasteiger charge is -2.24. The molecule has 0 aliphatic rings. The third-order valence-electron chi connectivity index (χ3n) is 4.52. The Morgan fingerprint density at radius 1 is 0.828 bits per heavy atom. The molecule has 3 aromatic rings. The molecule has 0 aliphatic carbocycles. The highest BCUT2D eigenvalue weighted by atomic mass is 35.5. The number of urea groups is 1. The summed E-state index contributed by atoms with van der Waals surface area (Å²) in [6.45, 7) is 0.937. The molecule has 0 fully saturated rings. The molecule has 0 aliphatic heterocycles. The topological polar surface area (TPSA) is 35.6 Å². The molecule has 6 heteroatoms. The molecule has 0 saturated heterocycles. The highest BCUT2D eigenvalue weighted by molar-refractivity contribution is 6.43. The number of rotatable bonds is 6. The van der Waals surface area contributed by atoms with Crippen molar-refractivity contribution in [1.29, 1.82) is 0 Å². The first-order valence-corrected chi connectivity index (χ1v) is 10.00. The van der Waals surface area contributed by atoms with E-state index in [2.05, 4.69) is 5.32 Å². The highest BCUT2D eigenvalue weighted by Gasteiger charge is 2.17. The molecule has 0 radical (unpaired) electrons. The lowest BCUT2D eigenvalue weighted by atomic mass is 10.1. The first-order valence-electron chi connectivity index (χ1n) is 9.24. The minimum absolute atomic E-state index is 0.241. The summed E-state index contributed by atoms with van der Waals surface area (Å²) in [7, 11) is 4.00. The van der Waals surface area contributed by atoms with Crippen LogP contribution in [0.2, 0.25) is 10.0 Å². The van der Waals surface area contributed by atoms with Crippen LogP contribution in [-0.4, -0.2) is 25.0 Å². The quantitative estimate of drug-likeness (QED) is 0.501.